The number of halogens is 1. The van der Waals surface area contributed by atoms with Crippen molar-refractivity contribution in [1.29, 1.82) is 0 Å². The Morgan fingerprint density at radius 1 is 1.25 bits per heavy atom. The summed E-state index contributed by atoms with van der Waals surface area (Å²) in [4.78, 5) is 27.1. The third-order valence-corrected chi connectivity index (χ3v) is 8.07. The minimum absolute atomic E-state index is 0.0528. The van der Waals surface area contributed by atoms with Gasteiger partial charge in [-0.1, -0.05) is 31.6 Å². The van der Waals surface area contributed by atoms with E-state index in [2.05, 4.69) is 29.3 Å². The van der Waals surface area contributed by atoms with Crippen LogP contribution < -0.4 is 10.6 Å². The summed E-state index contributed by atoms with van der Waals surface area (Å²) in [6, 6.07) is 5.98. The Morgan fingerprint density at radius 3 is 2.78 bits per heavy atom. The smallest absolute Gasteiger partial charge is 0.255 e. The Morgan fingerprint density at radius 2 is 2.03 bits per heavy atom. The van der Waals surface area contributed by atoms with Crippen LogP contribution in [0.2, 0.25) is 0 Å². The van der Waals surface area contributed by atoms with Crippen LogP contribution in [0.25, 0.3) is 0 Å². The Balaban J connectivity index is 1.27. The van der Waals surface area contributed by atoms with Gasteiger partial charge in [0.15, 0.2) is 0 Å². The highest BCUT2D eigenvalue weighted by atomic mass is 19.1. The van der Waals surface area contributed by atoms with Gasteiger partial charge in [-0.05, 0) is 75.0 Å². The van der Waals surface area contributed by atoms with Crippen LogP contribution in [0.4, 0.5) is 4.39 Å². The van der Waals surface area contributed by atoms with Crippen LogP contribution in [0.1, 0.15) is 79.8 Å². The lowest BCUT2D eigenvalue weighted by Gasteiger charge is -2.35. The molecule has 0 aromatic heterocycles. The molecule has 2 amide bonds. The number of amides is 2. The van der Waals surface area contributed by atoms with Crippen LogP contribution in [0.15, 0.2) is 30.5 Å². The van der Waals surface area contributed by atoms with Crippen LogP contribution in [0.3, 0.4) is 0 Å². The number of allylic oxidation sites excluding steroid dienone is 1. The number of fused-ring (bicyclic) bond motifs is 1. The maximum atomic E-state index is 14.5. The summed E-state index contributed by atoms with van der Waals surface area (Å²) in [5.74, 6) is 0.298. The SMILES string of the molecule is C=C1CCC(N2Cc3cc(C[C@H]4CCCC[C@@H]4NC(C)C4(F)CC4)ccc3C2=O)C(=O)N1. The molecule has 2 heterocycles. The number of nitrogens with one attached hydrogen (secondary N) is 2. The van der Waals surface area contributed by atoms with Gasteiger partial charge in [-0.15, -0.1) is 0 Å². The van der Waals surface area contributed by atoms with E-state index in [1.54, 1.807) is 4.90 Å². The Labute approximate surface area is 189 Å². The molecule has 0 bridgehead atoms. The predicted octanol–water partition coefficient (Wildman–Crippen LogP) is 4.02. The largest absolute Gasteiger partial charge is 0.329 e. The van der Waals surface area contributed by atoms with Gasteiger partial charge < -0.3 is 15.5 Å². The van der Waals surface area contributed by atoms with Crippen molar-refractivity contribution in [2.45, 2.75) is 95.1 Å². The number of hydrogen-bond donors (Lipinski definition) is 2. The van der Waals surface area contributed by atoms with Crippen LogP contribution in [0, 0.1) is 5.92 Å². The van der Waals surface area contributed by atoms with Gasteiger partial charge in [-0.2, -0.15) is 0 Å². The maximum absolute atomic E-state index is 14.5. The zero-order chi connectivity index (χ0) is 22.5. The van der Waals surface area contributed by atoms with Gasteiger partial charge in [0, 0.05) is 29.9 Å². The third-order valence-electron chi connectivity index (χ3n) is 8.07. The van der Waals surface area contributed by atoms with Crippen LogP contribution in [0.5, 0.6) is 0 Å². The highest BCUT2D eigenvalue weighted by Crippen LogP contribution is 2.43. The van der Waals surface area contributed by atoms with E-state index in [0.717, 1.165) is 30.5 Å². The molecule has 1 aromatic rings. The van der Waals surface area contributed by atoms with E-state index >= 15 is 0 Å². The maximum Gasteiger partial charge on any atom is 0.255 e. The molecule has 172 valence electrons. The topological polar surface area (TPSA) is 61.4 Å². The number of rotatable bonds is 6. The fraction of sp³-hybridized carbons (Fsp3) is 0.615. The molecule has 2 aliphatic heterocycles. The molecular formula is C26H34FN3O2. The van der Waals surface area contributed by atoms with E-state index in [0.29, 0.717) is 49.8 Å². The minimum Gasteiger partial charge on any atom is -0.329 e. The van der Waals surface area contributed by atoms with Gasteiger partial charge in [0.05, 0.1) is 0 Å². The van der Waals surface area contributed by atoms with Gasteiger partial charge in [-0.3, -0.25) is 9.59 Å². The molecule has 32 heavy (non-hydrogen) atoms. The lowest BCUT2D eigenvalue weighted by molar-refractivity contribution is -0.126. The first kappa shape index (κ1) is 21.6. The van der Waals surface area contributed by atoms with Gasteiger partial charge >= 0.3 is 0 Å². The van der Waals surface area contributed by atoms with Gasteiger partial charge in [0.1, 0.15) is 11.7 Å². The number of hydrogen-bond acceptors (Lipinski definition) is 3. The van der Waals surface area contributed by atoms with E-state index in [4.69, 9.17) is 0 Å². The molecule has 4 atom stereocenters. The number of alkyl halides is 1. The summed E-state index contributed by atoms with van der Waals surface area (Å²) in [5, 5.41) is 6.41. The predicted molar refractivity (Wildman–Crippen MR) is 122 cm³/mol. The Hall–Kier alpha value is -2.21. The second kappa shape index (κ2) is 8.29. The molecule has 0 radical (unpaired) electrons. The standard InChI is InChI=1S/C26H34FN3O2/c1-16-7-10-23(24(31)28-16)30-15-20-14-18(8-9-21(20)25(30)32)13-19-5-3-4-6-22(19)29-17(2)26(27)11-12-26/h8-9,14,17,19,22-23,29H,1,3-7,10-13,15H2,2H3,(H,28,31)/t17?,19-,22+,23?/m1/s1. The highest BCUT2D eigenvalue weighted by Gasteiger charge is 2.49. The molecule has 2 unspecified atom stereocenters. The van der Waals surface area contributed by atoms with E-state index in [1.807, 2.05) is 13.0 Å². The first-order valence-electron chi connectivity index (χ1n) is 12.2. The van der Waals surface area contributed by atoms with E-state index < -0.39 is 11.7 Å². The summed E-state index contributed by atoms with van der Waals surface area (Å²) in [5.41, 5.74) is 2.68. The number of carbonyl (C=O) groups excluding carboxylic acids is 2. The molecule has 0 spiro atoms. The van der Waals surface area contributed by atoms with Crippen LogP contribution in [-0.4, -0.2) is 40.5 Å². The van der Waals surface area contributed by atoms with Crippen molar-refractivity contribution in [3.63, 3.8) is 0 Å². The minimum atomic E-state index is -1.00. The number of benzene rings is 1. The van der Waals surface area contributed by atoms with Crippen molar-refractivity contribution < 1.29 is 14.0 Å². The highest BCUT2D eigenvalue weighted by molar-refractivity contribution is 6.01. The molecule has 2 saturated carbocycles. The molecule has 1 aromatic carbocycles. The molecule has 5 nitrogen and oxygen atoms in total. The van der Waals surface area contributed by atoms with E-state index in [-0.39, 0.29) is 17.9 Å². The average molecular weight is 440 g/mol. The first-order chi connectivity index (χ1) is 15.3. The van der Waals surface area contributed by atoms with Gasteiger partial charge in [0.25, 0.3) is 5.91 Å². The second-order valence-corrected chi connectivity index (χ2v) is 10.3. The van der Waals surface area contributed by atoms with Crippen molar-refractivity contribution in [2.75, 3.05) is 0 Å². The first-order valence-corrected chi connectivity index (χ1v) is 12.2. The molecule has 4 aliphatic rings. The van der Waals surface area contributed by atoms with Crippen molar-refractivity contribution >= 4 is 11.8 Å². The fourth-order valence-corrected chi connectivity index (χ4v) is 5.83. The van der Waals surface area contributed by atoms with Crippen molar-refractivity contribution in [2.24, 2.45) is 5.92 Å². The number of nitrogens with zero attached hydrogens (tertiary/aromatic N) is 1. The van der Waals surface area contributed by atoms with E-state index in [1.165, 1.54) is 18.4 Å². The summed E-state index contributed by atoms with van der Waals surface area (Å²) in [6.07, 6.45) is 8.30. The lowest BCUT2D eigenvalue weighted by atomic mass is 9.80. The third kappa shape index (κ3) is 4.09. The molecule has 6 heteroatoms. The monoisotopic (exact) mass is 439 g/mol. The Kier molecular flexibility index (Phi) is 5.60. The average Bonchev–Trinajstić information content (AvgIpc) is 3.44. The zero-order valence-corrected chi connectivity index (χ0v) is 19.0. The molecule has 3 fully saturated rings. The Bertz CT molecular complexity index is 941. The normalized spacial score (nSPS) is 30.1. The second-order valence-electron chi connectivity index (χ2n) is 10.3. The summed E-state index contributed by atoms with van der Waals surface area (Å²) in [6.45, 7) is 6.31. The fourth-order valence-electron chi connectivity index (χ4n) is 5.83. The van der Waals surface area contributed by atoms with Crippen LogP contribution >= 0.6 is 0 Å². The number of piperidine rings is 1. The molecule has 5 rings (SSSR count). The lowest BCUT2D eigenvalue weighted by Crippen LogP contribution is -2.49. The zero-order valence-electron chi connectivity index (χ0n) is 19.0. The summed E-state index contributed by atoms with van der Waals surface area (Å²) >= 11 is 0. The molecular weight excluding hydrogens is 405 g/mol. The quantitative estimate of drug-likeness (QED) is 0.704. The molecule has 2 N–H and O–H groups in total. The van der Waals surface area contributed by atoms with Crippen molar-refractivity contribution in [3.05, 3.63) is 47.2 Å². The van der Waals surface area contributed by atoms with Crippen molar-refractivity contribution in [1.82, 2.24) is 15.5 Å². The van der Waals surface area contributed by atoms with Gasteiger partial charge in [-0.25, -0.2) is 4.39 Å². The molecule has 2 aliphatic carbocycles. The number of carbonyl (C=O) groups is 2. The summed E-state index contributed by atoms with van der Waals surface area (Å²) in [7, 11) is 0. The van der Waals surface area contributed by atoms with E-state index in [9.17, 15) is 14.0 Å². The van der Waals surface area contributed by atoms with Crippen molar-refractivity contribution in [3.8, 4) is 0 Å². The van der Waals surface area contributed by atoms with Gasteiger partial charge in [0.2, 0.25) is 5.91 Å². The van der Waals surface area contributed by atoms with Crippen LogP contribution in [-0.2, 0) is 17.8 Å². The molecule has 1 saturated heterocycles. The summed E-state index contributed by atoms with van der Waals surface area (Å²) < 4.78 is 14.5.